The lowest BCUT2D eigenvalue weighted by molar-refractivity contribution is -0.0441. The normalized spacial score (nSPS) is 13.4. The van der Waals surface area contributed by atoms with Crippen molar-refractivity contribution in [1.82, 2.24) is 4.13 Å². The maximum Gasteiger partial charge on any atom is 0.512 e. The molecule has 11 heteroatoms. The fraction of sp³-hybridized carbons (Fsp3) is 0.0909. The smallest absolute Gasteiger partial charge is 0.398 e. The zero-order valence-electron chi connectivity index (χ0n) is 10.6. The first kappa shape index (κ1) is 16.5. The first-order valence-electron chi connectivity index (χ1n) is 5.58. The van der Waals surface area contributed by atoms with Crippen molar-refractivity contribution in [2.75, 3.05) is 5.73 Å². The number of hydrogen-bond donors (Lipinski definition) is 2. The lowest BCUT2D eigenvalue weighted by Crippen LogP contribution is -2.40. The van der Waals surface area contributed by atoms with Crippen molar-refractivity contribution in [3.8, 4) is 0 Å². The Morgan fingerprint density at radius 3 is 2.00 bits per heavy atom. The van der Waals surface area contributed by atoms with Crippen LogP contribution >= 0.6 is 0 Å². The average molecular weight is 354 g/mol. The molecule has 0 fully saturated rings. The Bertz CT molecular complexity index is 937. The van der Waals surface area contributed by atoms with Crippen LogP contribution in [0.25, 0.3) is 10.8 Å². The fourth-order valence-corrected chi connectivity index (χ4v) is 4.37. The Balaban J connectivity index is 2.64. The van der Waals surface area contributed by atoms with Gasteiger partial charge < -0.3 is 5.73 Å². The summed E-state index contributed by atoms with van der Waals surface area (Å²) in [4.78, 5) is -0.620. The van der Waals surface area contributed by atoms with Gasteiger partial charge in [0.05, 0.1) is 4.90 Å². The van der Waals surface area contributed by atoms with Crippen molar-refractivity contribution in [3.63, 3.8) is 0 Å². The number of nitrogens with one attached hydrogen (secondary N) is 1. The summed E-state index contributed by atoms with van der Waals surface area (Å²) in [5.41, 5.74) is 0.107. The first-order valence-corrected chi connectivity index (χ1v) is 8.54. The molecule has 0 aliphatic carbocycles. The Morgan fingerprint density at radius 1 is 0.909 bits per heavy atom. The van der Waals surface area contributed by atoms with Crippen LogP contribution in [0, 0.1) is 0 Å². The summed E-state index contributed by atoms with van der Waals surface area (Å²) in [7, 11) is -11.0. The molecule has 0 unspecified atom stereocenters. The van der Waals surface area contributed by atoms with Crippen molar-refractivity contribution < 1.29 is 30.0 Å². The van der Waals surface area contributed by atoms with E-state index in [1.54, 1.807) is 6.07 Å². The molecule has 2 rings (SSSR count). The standard InChI is InChI=1S/C11H9F3N2O4S2/c12-11(13,14)22(19,20)16-21(17,18)10-6-5-9(15)7-3-1-2-4-8(7)10/h1-6,16H,15H2. The highest BCUT2D eigenvalue weighted by Crippen LogP contribution is 2.29. The second kappa shape index (κ2) is 5.11. The van der Waals surface area contributed by atoms with Gasteiger partial charge in [-0.05, 0) is 12.1 Å². The maximum atomic E-state index is 12.3. The van der Waals surface area contributed by atoms with Gasteiger partial charge in [-0.25, -0.2) is 16.8 Å². The van der Waals surface area contributed by atoms with Crippen LogP contribution in [-0.2, 0) is 20.0 Å². The predicted molar refractivity (Wildman–Crippen MR) is 73.7 cm³/mol. The van der Waals surface area contributed by atoms with Gasteiger partial charge in [-0.2, -0.15) is 13.2 Å². The highest BCUT2D eigenvalue weighted by Gasteiger charge is 2.48. The predicted octanol–water partition coefficient (Wildman–Crippen LogP) is 1.55. The van der Waals surface area contributed by atoms with Crippen molar-refractivity contribution in [1.29, 1.82) is 0 Å². The van der Waals surface area contributed by atoms with Gasteiger partial charge >= 0.3 is 15.5 Å². The molecule has 0 bridgehead atoms. The number of alkyl halides is 3. The van der Waals surface area contributed by atoms with Crippen LogP contribution in [0.2, 0.25) is 0 Å². The summed E-state index contributed by atoms with van der Waals surface area (Å²) in [5.74, 6) is 0. The largest absolute Gasteiger partial charge is 0.512 e. The number of rotatable bonds is 3. The Labute approximate surface area is 123 Å². The van der Waals surface area contributed by atoms with E-state index >= 15 is 0 Å². The maximum absolute atomic E-state index is 12.3. The summed E-state index contributed by atoms with van der Waals surface area (Å²) < 4.78 is 83.6. The van der Waals surface area contributed by atoms with E-state index in [4.69, 9.17) is 5.73 Å². The van der Waals surface area contributed by atoms with Crippen molar-refractivity contribution in [2.24, 2.45) is 0 Å². The van der Waals surface area contributed by atoms with E-state index in [0.29, 0.717) is 4.13 Å². The van der Waals surface area contributed by atoms with E-state index in [2.05, 4.69) is 0 Å². The molecule has 0 amide bonds. The minimum absolute atomic E-state index is 0.00683. The second-order valence-electron chi connectivity index (χ2n) is 4.23. The molecule has 22 heavy (non-hydrogen) atoms. The van der Waals surface area contributed by atoms with Crippen LogP contribution < -0.4 is 9.86 Å². The Hall–Kier alpha value is -1.85. The van der Waals surface area contributed by atoms with Gasteiger partial charge in [0.15, 0.2) is 0 Å². The number of anilines is 1. The number of fused-ring (bicyclic) bond motifs is 1. The highest BCUT2D eigenvalue weighted by atomic mass is 32.3. The fourth-order valence-electron chi connectivity index (χ4n) is 1.77. The second-order valence-corrected chi connectivity index (χ2v) is 7.82. The molecule has 0 heterocycles. The molecular weight excluding hydrogens is 345 g/mol. The van der Waals surface area contributed by atoms with Crippen LogP contribution in [0.1, 0.15) is 0 Å². The molecule has 0 atom stereocenters. The number of hydrogen-bond acceptors (Lipinski definition) is 5. The van der Waals surface area contributed by atoms with E-state index in [0.717, 1.165) is 12.1 Å². The molecule has 0 radical (unpaired) electrons. The van der Waals surface area contributed by atoms with Crippen LogP contribution in [-0.4, -0.2) is 22.3 Å². The first-order chi connectivity index (χ1) is 9.96. The molecule has 0 saturated heterocycles. The molecule has 2 aromatic rings. The average Bonchev–Trinajstić information content (AvgIpc) is 2.36. The van der Waals surface area contributed by atoms with E-state index in [1.807, 2.05) is 0 Å². The van der Waals surface area contributed by atoms with Gasteiger partial charge in [-0.15, -0.1) is 0 Å². The highest BCUT2D eigenvalue weighted by molar-refractivity contribution is 8.05. The van der Waals surface area contributed by atoms with Gasteiger partial charge in [-0.1, -0.05) is 28.4 Å². The summed E-state index contributed by atoms with van der Waals surface area (Å²) in [6.07, 6.45) is 0. The van der Waals surface area contributed by atoms with Crippen LogP contribution in [0.5, 0.6) is 0 Å². The van der Waals surface area contributed by atoms with Crippen LogP contribution in [0.15, 0.2) is 41.3 Å². The topological polar surface area (TPSA) is 106 Å². The number of nitrogen functional groups attached to an aromatic ring is 1. The van der Waals surface area contributed by atoms with E-state index < -0.39 is 30.5 Å². The third-order valence-corrected chi connectivity index (χ3v) is 6.03. The quantitative estimate of drug-likeness (QED) is 0.814. The van der Waals surface area contributed by atoms with Gasteiger partial charge in [-0.3, -0.25) is 0 Å². The molecule has 6 nitrogen and oxygen atoms in total. The molecule has 2 aromatic carbocycles. The molecule has 0 spiro atoms. The third-order valence-electron chi connectivity index (χ3n) is 2.73. The third kappa shape index (κ3) is 2.87. The summed E-state index contributed by atoms with van der Waals surface area (Å²) in [5, 5.41) is 0.280. The number of nitrogens with two attached hydrogens (primary N) is 1. The molecule has 120 valence electrons. The van der Waals surface area contributed by atoms with Gasteiger partial charge in [0.2, 0.25) is 0 Å². The zero-order valence-corrected chi connectivity index (χ0v) is 12.3. The van der Waals surface area contributed by atoms with Crippen molar-refractivity contribution >= 4 is 36.5 Å². The van der Waals surface area contributed by atoms with E-state index in [9.17, 15) is 30.0 Å². The zero-order chi connectivity index (χ0) is 16.8. The van der Waals surface area contributed by atoms with Gasteiger partial charge in [0.25, 0.3) is 10.0 Å². The number of halogens is 3. The Kier molecular flexibility index (Phi) is 3.83. The molecule has 0 aliphatic rings. The minimum atomic E-state index is -6.05. The molecule has 0 aromatic heterocycles. The van der Waals surface area contributed by atoms with Crippen molar-refractivity contribution in [2.45, 2.75) is 10.4 Å². The van der Waals surface area contributed by atoms with E-state index in [-0.39, 0.29) is 16.5 Å². The SMILES string of the molecule is Nc1ccc(S(=O)(=O)NS(=O)(=O)C(F)(F)F)c2ccccc12. The molecule has 0 saturated carbocycles. The number of benzene rings is 2. The van der Waals surface area contributed by atoms with Gasteiger partial charge in [0.1, 0.15) is 0 Å². The monoisotopic (exact) mass is 354 g/mol. The van der Waals surface area contributed by atoms with Crippen LogP contribution in [0.4, 0.5) is 18.9 Å². The summed E-state index contributed by atoms with van der Waals surface area (Å²) >= 11 is 0. The summed E-state index contributed by atoms with van der Waals surface area (Å²) in [6, 6.07) is 7.86. The molecule has 0 aliphatic heterocycles. The molecular formula is C11H9F3N2O4S2. The van der Waals surface area contributed by atoms with Gasteiger partial charge in [0, 0.05) is 16.5 Å². The lowest BCUT2D eigenvalue weighted by Gasteiger charge is -2.12. The van der Waals surface area contributed by atoms with Crippen molar-refractivity contribution in [3.05, 3.63) is 36.4 Å². The van der Waals surface area contributed by atoms with Crippen LogP contribution in [0.3, 0.4) is 0 Å². The van der Waals surface area contributed by atoms with E-state index in [1.165, 1.54) is 18.2 Å². The summed E-state index contributed by atoms with van der Waals surface area (Å²) in [6.45, 7) is 0. The minimum Gasteiger partial charge on any atom is -0.398 e. The lowest BCUT2D eigenvalue weighted by atomic mass is 10.1. The Morgan fingerprint density at radius 2 is 1.45 bits per heavy atom. The molecule has 3 N–H and O–H groups in total. The number of sulfonamides is 2.